The first-order valence-electron chi connectivity index (χ1n) is 5.25. The summed E-state index contributed by atoms with van der Waals surface area (Å²) in [6.07, 6.45) is 1.58. The number of anilines is 1. The molecule has 2 rings (SSSR count). The monoisotopic (exact) mass is 324 g/mol. The number of halogens is 2. The lowest BCUT2D eigenvalue weighted by Gasteiger charge is -2.08. The molecule has 0 aliphatic carbocycles. The summed E-state index contributed by atoms with van der Waals surface area (Å²) in [5.74, 6) is -0.257. The van der Waals surface area contributed by atoms with Crippen LogP contribution >= 0.6 is 27.5 Å². The molecule has 0 spiro atoms. The molecule has 0 saturated heterocycles. The fraction of sp³-hybridized carbons (Fsp3) is 0.0769. The molecule has 0 bridgehead atoms. The first kappa shape index (κ1) is 13.1. The van der Waals surface area contributed by atoms with Crippen molar-refractivity contribution in [3.63, 3.8) is 0 Å². The van der Waals surface area contributed by atoms with Crippen molar-refractivity contribution in [2.45, 2.75) is 6.92 Å². The van der Waals surface area contributed by atoms with Crippen molar-refractivity contribution in [2.75, 3.05) is 5.32 Å². The predicted octanol–water partition coefficient (Wildman–Crippen LogP) is 4.06. The predicted molar refractivity (Wildman–Crippen MR) is 76.1 cm³/mol. The summed E-state index contributed by atoms with van der Waals surface area (Å²) in [5, 5.41) is 3.37. The van der Waals surface area contributed by atoms with Crippen molar-refractivity contribution >= 4 is 39.1 Å². The highest BCUT2D eigenvalue weighted by atomic mass is 79.9. The van der Waals surface area contributed by atoms with Gasteiger partial charge in [-0.05, 0) is 52.7 Å². The maximum absolute atomic E-state index is 12.0. The van der Waals surface area contributed by atoms with E-state index in [1.54, 1.807) is 30.5 Å². The average Bonchev–Trinajstić information content (AvgIpc) is 2.34. The molecule has 92 valence electrons. The number of carbonyl (C=O) groups excluding carboxylic acids is 1. The first-order valence-corrected chi connectivity index (χ1v) is 6.42. The second-order valence-corrected chi connectivity index (χ2v) is 5.13. The molecule has 0 saturated carbocycles. The van der Waals surface area contributed by atoms with E-state index in [1.807, 2.05) is 13.0 Å². The molecule has 0 atom stereocenters. The molecular formula is C13H10BrClN2O. The fourth-order valence-electron chi connectivity index (χ4n) is 1.43. The van der Waals surface area contributed by atoms with E-state index in [2.05, 4.69) is 26.2 Å². The standard InChI is InChI=1S/C13H10BrClN2O/c1-8-2-4-10(15)6-12(8)17-13(18)11-5-3-9(14)7-16-11/h2-7H,1H3,(H,17,18). The van der Waals surface area contributed by atoms with E-state index >= 15 is 0 Å². The van der Waals surface area contributed by atoms with Gasteiger partial charge >= 0.3 is 0 Å². The number of pyridine rings is 1. The number of nitrogens with one attached hydrogen (secondary N) is 1. The van der Waals surface area contributed by atoms with Crippen LogP contribution in [0.5, 0.6) is 0 Å². The van der Waals surface area contributed by atoms with Crippen LogP contribution in [0.25, 0.3) is 0 Å². The number of benzene rings is 1. The number of hydrogen-bond donors (Lipinski definition) is 1. The van der Waals surface area contributed by atoms with Crippen molar-refractivity contribution in [1.82, 2.24) is 4.98 Å². The Bertz CT molecular complexity index is 584. The largest absolute Gasteiger partial charge is 0.320 e. The van der Waals surface area contributed by atoms with E-state index in [4.69, 9.17) is 11.6 Å². The molecule has 2 aromatic rings. The number of carbonyl (C=O) groups is 1. The molecule has 0 unspecified atom stereocenters. The quantitative estimate of drug-likeness (QED) is 0.905. The van der Waals surface area contributed by atoms with Crippen LogP contribution in [-0.4, -0.2) is 10.9 Å². The molecular weight excluding hydrogens is 316 g/mol. The normalized spacial score (nSPS) is 10.2. The number of rotatable bonds is 2. The Kier molecular flexibility index (Phi) is 3.99. The van der Waals surface area contributed by atoms with E-state index in [0.29, 0.717) is 16.4 Å². The molecule has 0 radical (unpaired) electrons. The van der Waals surface area contributed by atoms with Gasteiger partial charge in [-0.15, -0.1) is 0 Å². The third-order valence-electron chi connectivity index (χ3n) is 2.41. The maximum Gasteiger partial charge on any atom is 0.274 e. The van der Waals surface area contributed by atoms with Crippen LogP contribution in [0.1, 0.15) is 16.1 Å². The summed E-state index contributed by atoms with van der Waals surface area (Å²) in [6, 6.07) is 8.77. The highest BCUT2D eigenvalue weighted by molar-refractivity contribution is 9.10. The van der Waals surface area contributed by atoms with Gasteiger partial charge in [-0.25, -0.2) is 4.98 Å². The highest BCUT2D eigenvalue weighted by Crippen LogP contribution is 2.20. The Morgan fingerprint density at radius 2 is 2.11 bits per heavy atom. The minimum atomic E-state index is -0.257. The van der Waals surface area contributed by atoms with Crippen molar-refractivity contribution in [1.29, 1.82) is 0 Å². The van der Waals surface area contributed by atoms with Crippen LogP contribution in [0.2, 0.25) is 5.02 Å². The second kappa shape index (κ2) is 5.50. The topological polar surface area (TPSA) is 42.0 Å². The van der Waals surface area contributed by atoms with Crippen LogP contribution < -0.4 is 5.32 Å². The summed E-state index contributed by atoms with van der Waals surface area (Å²) >= 11 is 9.16. The molecule has 1 heterocycles. The minimum Gasteiger partial charge on any atom is -0.320 e. The smallest absolute Gasteiger partial charge is 0.274 e. The zero-order valence-corrected chi connectivity index (χ0v) is 11.9. The Morgan fingerprint density at radius 1 is 1.33 bits per heavy atom. The van der Waals surface area contributed by atoms with Gasteiger partial charge in [-0.2, -0.15) is 0 Å². The molecule has 1 N–H and O–H groups in total. The van der Waals surface area contributed by atoms with Crippen LogP contribution in [0, 0.1) is 6.92 Å². The van der Waals surface area contributed by atoms with Crippen LogP contribution in [-0.2, 0) is 0 Å². The van der Waals surface area contributed by atoms with Crippen LogP contribution in [0.4, 0.5) is 5.69 Å². The van der Waals surface area contributed by atoms with Crippen molar-refractivity contribution in [3.05, 3.63) is 57.3 Å². The average molecular weight is 326 g/mol. The van der Waals surface area contributed by atoms with Crippen molar-refractivity contribution in [3.8, 4) is 0 Å². The summed E-state index contributed by atoms with van der Waals surface area (Å²) in [5.41, 5.74) is 2.00. The van der Waals surface area contributed by atoms with Gasteiger partial charge in [0, 0.05) is 21.4 Å². The van der Waals surface area contributed by atoms with Gasteiger partial charge in [0.15, 0.2) is 0 Å². The Morgan fingerprint density at radius 3 is 2.78 bits per heavy atom. The molecule has 0 aliphatic rings. The first-order chi connectivity index (χ1) is 8.56. The summed E-state index contributed by atoms with van der Waals surface area (Å²) < 4.78 is 0.831. The number of amides is 1. The zero-order chi connectivity index (χ0) is 13.1. The molecule has 0 aliphatic heterocycles. The SMILES string of the molecule is Cc1ccc(Cl)cc1NC(=O)c1ccc(Br)cn1. The minimum absolute atomic E-state index is 0.257. The summed E-state index contributed by atoms with van der Waals surface area (Å²) in [7, 11) is 0. The molecule has 0 fully saturated rings. The summed E-state index contributed by atoms with van der Waals surface area (Å²) in [6.45, 7) is 1.90. The third kappa shape index (κ3) is 3.09. The van der Waals surface area contributed by atoms with Gasteiger partial charge in [0.25, 0.3) is 5.91 Å². The van der Waals surface area contributed by atoms with Crippen LogP contribution in [0.15, 0.2) is 41.0 Å². The molecule has 1 aromatic heterocycles. The molecule has 18 heavy (non-hydrogen) atoms. The molecule has 1 aromatic carbocycles. The van der Waals surface area contributed by atoms with E-state index < -0.39 is 0 Å². The number of aromatic nitrogens is 1. The molecule has 1 amide bonds. The Hall–Kier alpha value is -1.39. The molecule has 3 nitrogen and oxygen atoms in total. The Labute approximate surface area is 118 Å². The van der Waals surface area contributed by atoms with Crippen molar-refractivity contribution in [2.24, 2.45) is 0 Å². The van der Waals surface area contributed by atoms with Gasteiger partial charge in [0.1, 0.15) is 5.69 Å². The second-order valence-electron chi connectivity index (χ2n) is 3.78. The maximum atomic E-state index is 12.0. The van der Waals surface area contributed by atoms with Gasteiger partial charge in [0.05, 0.1) is 0 Å². The van der Waals surface area contributed by atoms with E-state index in [-0.39, 0.29) is 5.91 Å². The van der Waals surface area contributed by atoms with E-state index in [1.165, 1.54) is 0 Å². The lowest BCUT2D eigenvalue weighted by molar-refractivity contribution is 0.102. The number of aryl methyl sites for hydroxylation is 1. The highest BCUT2D eigenvalue weighted by Gasteiger charge is 2.09. The van der Waals surface area contributed by atoms with Crippen LogP contribution in [0.3, 0.4) is 0 Å². The Balaban J connectivity index is 2.21. The van der Waals surface area contributed by atoms with E-state index in [9.17, 15) is 4.79 Å². The van der Waals surface area contributed by atoms with Gasteiger partial charge in [-0.1, -0.05) is 17.7 Å². The van der Waals surface area contributed by atoms with E-state index in [0.717, 1.165) is 10.0 Å². The van der Waals surface area contributed by atoms with Gasteiger partial charge in [0.2, 0.25) is 0 Å². The third-order valence-corrected chi connectivity index (χ3v) is 3.11. The molecule has 5 heteroatoms. The van der Waals surface area contributed by atoms with Gasteiger partial charge in [-0.3, -0.25) is 4.79 Å². The fourth-order valence-corrected chi connectivity index (χ4v) is 1.83. The van der Waals surface area contributed by atoms with Crippen molar-refractivity contribution < 1.29 is 4.79 Å². The number of nitrogens with zero attached hydrogens (tertiary/aromatic N) is 1. The summed E-state index contributed by atoms with van der Waals surface area (Å²) in [4.78, 5) is 16.0. The number of hydrogen-bond acceptors (Lipinski definition) is 2. The lowest BCUT2D eigenvalue weighted by Crippen LogP contribution is -2.14. The lowest BCUT2D eigenvalue weighted by atomic mass is 10.2. The zero-order valence-electron chi connectivity index (χ0n) is 9.58. The van der Waals surface area contributed by atoms with Gasteiger partial charge < -0.3 is 5.32 Å².